The summed E-state index contributed by atoms with van der Waals surface area (Å²) < 4.78 is 10.8. The summed E-state index contributed by atoms with van der Waals surface area (Å²) in [5.41, 5.74) is 1.82. The van der Waals surface area contributed by atoms with E-state index < -0.39 is 23.7 Å². The van der Waals surface area contributed by atoms with Crippen LogP contribution in [-0.2, 0) is 14.3 Å². The lowest BCUT2D eigenvalue weighted by Crippen LogP contribution is -2.29. The number of esters is 1. The van der Waals surface area contributed by atoms with Crippen molar-refractivity contribution >= 4 is 50.1 Å². The van der Waals surface area contributed by atoms with Crippen molar-refractivity contribution in [2.45, 2.75) is 6.04 Å². The molecular formula is C27H20N2O6S. The van der Waals surface area contributed by atoms with Crippen LogP contribution in [0.25, 0.3) is 16.0 Å². The number of hydrogen-bond donors (Lipinski definition) is 1. The van der Waals surface area contributed by atoms with Crippen LogP contribution in [0.4, 0.5) is 5.13 Å². The number of nitrogens with zero attached hydrogens (tertiary/aromatic N) is 2. The smallest absolute Gasteiger partial charge is 0.337 e. The van der Waals surface area contributed by atoms with Gasteiger partial charge in [0.1, 0.15) is 11.5 Å². The molecule has 1 aromatic heterocycles. The Morgan fingerprint density at radius 1 is 0.972 bits per heavy atom. The Hall–Kier alpha value is -4.50. The number of aliphatic hydroxyl groups excluding tert-OH is 1. The first-order valence-corrected chi connectivity index (χ1v) is 11.7. The number of aliphatic hydroxyl groups is 1. The summed E-state index contributed by atoms with van der Waals surface area (Å²) in [5, 5.41) is 11.5. The van der Waals surface area contributed by atoms with E-state index in [-0.39, 0.29) is 11.3 Å². The standard InChI is InChI=1S/C27H20N2O6S/c1-34-18-12-13-19-20(14-18)36-27(28-19)29-22(15-8-10-17(11-9-15)26(33)35-2)21(24(31)25(29)32)23(30)16-6-4-3-5-7-16/h3-14,22,30H,1-2H3. The minimum absolute atomic E-state index is 0.0612. The van der Waals surface area contributed by atoms with Gasteiger partial charge in [-0.15, -0.1) is 0 Å². The molecule has 5 rings (SSSR count). The van der Waals surface area contributed by atoms with Crippen molar-refractivity contribution in [3.05, 3.63) is 95.1 Å². The van der Waals surface area contributed by atoms with Crippen LogP contribution in [0.1, 0.15) is 27.5 Å². The zero-order valence-corrected chi connectivity index (χ0v) is 20.1. The number of ketones is 1. The van der Waals surface area contributed by atoms with Crippen LogP contribution < -0.4 is 9.64 Å². The van der Waals surface area contributed by atoms with Crippen LogP contribution in [-0.4, -0.2) is 42.0 Å². The number of benzene rings is 3. The quantitative estimate of drug-likeness (QED) is 0.183. The van der Waals surface area contributed by atoms with E-state index in [4.69, 9.17) is 9.47 Å². The van der Waals surface area contributed by atoms with E-state index in [9.17, 15) is 19.5 Å². The molecule has 0 bridgehead atoms. The number of aromatic nitrogens is 1. The number of rotatable bonds is 5. The Balaban J connectivity index is 1.70. The Bertz CT molecular complexity index is 1530. The number of methoxy groups -OCH3 is 2. The molecule has 2 heterocycles. The fourth-order valence-corrected chi connectivity index (χ4v) is 5.16. The number of carbonyl (C=O) groups is 3. The molecule has 8 nitrogen and oxygen atoms in total. The molecule has 0 radical (unpaired) electrons. The predicted octanol–water partition coefficient (Wildman–Crippen LogP) is 4.72. The van der Waals surface area contributed by atoms with Gasteiger partial charge in [0, 0.05) is 5.56 Å². The molecule has 1 atom stereocenters. The average Bonchev–Trinajstić information content (AvgIpc) is 3.45. The largest absolute Gasteiger partial charge is 0.507 e. The third kappa shape index (κ3) is 3.89. The minimum atomic E-state index is -0.959. The maximum atomic E-state index is 13.4. The number of amides is 1. The van der Waals surface area contributed by atoms with Gasteiger partial charge in [-0.05, 0) is 35.9 Å². The van der Waals surface area contributed by atoms with Gasteiger partial charge in [0.2, 0.25) is 0 Å². The molecule has 36 heavy (non-hydrogen) atoms. The van der Waals surface area contributed by atoms with Crippen LogP contribution >= 0.6 is 11.3 Å². The number of fused-ring (bicyclic) bond motifs is 1. The zero-order chi connectivity index (χ0) is 25.4. The van der Waals surface area contributed by atoms with E-state index in [1.807, 2.05) is 0 Å². The van der Waals surface area contributed by atoms with Gasteiger partial charge in [-0.2, -0.15) is 0 Å². The van der Waals surface area contributed by atoms with Crippen LogP contribution in [0.2, 0.25) is 0 Å². The summed E-state index contributed by atoms with van der Waals surface area (Å²) in [4.78, 5) is 44.5. The third-order valence-corrected chi connectivity index (χ3v) is 6.95. The zero-order valence-electron chi connectivity index (χ0n) is 19.3. The normalized spacial score (nSPS) is 16.9. The molecule has 1 amide bonds. The maximum Gasteiger partial charge on any atom is 0.337 e. The molecular weight excluding hydrogens is 480 g/mol. The van der Waals surface area contributed by atoms with Crippen LogP contribution in [0.3, 0.4) is 0 Å². The Morgan fingerprint density at radius 3 is 2.36 bits per heavy atom. The molecule has 1 N–H and O–H groups in total. The number of carbonyl (C=O) groups excluding carboxylic acids is 3. The molecule has 3 aromatic carbocycles. The molecule has 0 spiro atoms. The van der Waals surface area contributed by atoms with Gasteiger partial charge in [0.15, 0.2) is 5.13 Å². The molecule has 1 saturated heterocycles. The molecule has 0 aliphatic carbocycles. The fraction of sp³-hybridized carbons (Fsp3) is 0.111. The second-order valence-electron chi connectivity index (χ2n) is 7.98. The maximum absolute atomic E-state index is 13.4. The second kappa shape index (κ2) is 9.27. The summed E-state index contributed by atoms with van der Waals surface area (Å²) >= 11 is 1.23. The van der Waals surface area contributed by atoms with Crippen molar-refractivity contribution < 1.29 is 29.0 Å². The van der Waals surface area contributed by atoms with Crippen LogP contribution in [0.15, 0.2) is 78.4 Å². The van der Waals surface area contributed by atoms with Gasteiger partial charge in [-0.3, -0.25) is 14.5 Å². The number of thiazole rings is 1. The minimum Gasteiger partial charge on any atom is -0.507 e. The highest BCUT2D eigenvalue weighted by Crippen LogP contribution is 2.44. The molecule has 1 aliphatic heterocycles. The van der Waals surface area contributed by atoms with Gasteiger partial charge in [-0.25, -0.2) is 9.78 Å². The summed E-state index contributed by atoms with van der Waals surface area (Å²) in [7, 11) is 2.84. The van der Waals surface area contributed by atoms with E-state index in [0.29, 0.717) is 33.1 Å². The van der Waals surface area contributed by atoms with E-state index in [1.54, 1.807) is 79.9 Å². The van der Waals surface area contributed by atoms with Crippen molar-refractivity contribution in [2.24, 2.45) is 0 Å². The monoisotopic (exact) mass is 500 g/mol. The lowest BCUT2D eigenvalue weighted by molar-refractivity contribution is -0.132. The number of Topliss-reactive ketones (excluding diaryl/α,β-unsaturated/α-hetero) is 1. The van der Waals surface area contributed by atoms with Crippen molar-refractivity contribution in [3.8, 4) is 5.75 Å². The number of hydrogen-bond acceptors (Lipinski definition) is 8. The topological polar surface area (TPSA) is 106 Å². The summed E-state index contributed by atoms with van der Waals surface area (Å²) in [6.07, 6.45) is 0. The van der Waals surface area contributed by atoms with Gasteiger partial charge < -0.3 is 14.6 Å². The third-order valence-electron chi connectivity index (χ3n) is 5.93. The number of anilines is 1. The molecule has 1 aliphatic rings. The first kappa shape index (κ1) is 23.3. The summed E-state index contributed by atoms with van der Waals surface area (Å²) in [6, 6.07) is 19.3. The van der Waals surface area contributed by atoms with Gasteiger partial charge in [-0.1, -0.05) is 53.8 Å². The molecule has 4 aromatic rings. The molecule has 0 saturated carbocycles. The van der Waals surface area contributed by atoms with E-state index >= 15 is 0 Å². The lowest BCUT2D eigenvalue weighted by Gasteiger charge is -2.23. The highest BCUT2D eigenvalue weighted by atomic mass is 32.1. The lowest BCUT2D eigenvalue weighted by atomic mass is 9.95. The van der Waals surface area contributed by atoms with E-state index in [0.717, 1.165) is 4.70 Å². The molecule has 180 valence electrons. The van der Waals surface area contributed by atoms with Crippen LogP contribution in [0, 0.1) is 0 Å². The first-order chi connectivity index (χ1) is 17.4. The van der Waals surface area contributed by atoms with Crippen molar-refractivity contribution in [2.75, 3.05) is 19.1 Å². The highest BCUT2D eigenvalue weighted by Gasteiger charge is 2.48. The average molecular weight is 501 g/mol. The van der Waals surface area contributed by atoms with Gasteiger partial charge in [0.25, 0.3) is 5.78 Å². The Kier molecular flexibility index (Phi) is 5.99. The van der Waals surface area contributed by atoms with E-state index in [1.165, 1.54) is 23.3 Å². The Morgan fingerprint density at radius 2 is 1.69 bits per heavy atom. The molecule has 9 heteroatoms. The predicted molar refractivity (Wildman–Crippen MR) is 135 cm³/mol. The number of ether oxygens (including phenoxy) is 2. The fourth-order valence-electron chi connectivity index (χ4n) is 4.14. The Labute approximate surface area is 210 Å². The first-order valence-electron chi connectivity index (χ1n) is 10.9. The molecule has 1 fully saturated rings. The van der Waals surface area contributed by atoms with Crippen molar-refractivity contribution in [1.29, 1.82) is 0 Å². The van der Waals surface area contributed by atoms with Crippen LogP contribution in [0.5, 0.6) is 5.75 Å². The van der Waals surface area contributed by atoms with E-state index in [2.05, 4.69) is 4.98 Å². The summed E-state index contributed by atoms with van der Waals surface area (Å²) in [5.74, 6) is -1.80. The van der Waals surface area contributed by atoms with Gasteiger partial charge >= 0.3 is 11.9 Å². The summed E-state index contributed by atoms with van der Waals surface area (Å²) in [6.45, 7) is 0. The second-order valence-corrected chi connectivity index (χ2v) is 8.99. The SMILES string of the molecule is COC(=O)c1ccc(C2C(=C(O)c3ccccc3)C(=O)C(=O)N2c2nc3ccc(OC)cc3s2)cc1. The van der Waals surface area contributed by atoms with Crippen molar-refractivity contribution in [3.63, 3.8) is 0 Å². The molecule has 1 unspecified atom stereocenters. The van der Waals surface area contributed by atoms with Crippen molar-refractivity contribution in [1.82, 2.24) is 4.98 Å². The van der Waals surface area contributed by atoms with Gasteiger partial charge in [0.05, 0.1) is 41.6 Å². The highest BCUT2D eigenvalue weighted by molar-refractivity contribution is 7.22.